The van der Waals surface area contributed by atoms with E-state index in [2.05, 4.69) is 10.6 Å². The van der Waals surface area contributed by atoms with Crippen LogP contribution in [0.1, 0.15) is 25.8 Å². The molecule has 1 aromatic carbocycles. The molecule has 0 bridgehead atoms. The van der Waals surface area contributed by atoms with Crippen LogP contribution >= 0.6 is 11.6 Å². The largest absolute Gasteiger partial charge is 0.481 e. The van der Waals surface area contributed by atoms with Crippen molar-refractivity contribution >= 4 is 29.3 Å². The molecule has 6 heteroatoms. The van der Waals surface area contributed by atoms with Gasteiger partial charge >= 0.3 is 12.0 Å². The number of urea groups is 1. The van der Waals surface area contributed by atoms with Crippen LogP contribution in [0.5, 0.6) is 0 Å². The molecular weight excluding hydrogens is 280 g/mol. The van der Waals surface area contributed by atoms with Crippen LogP contribution in [0.2, 0.25) is 5.02 Å². The number of carbonyl (C=O) groups is 2. The summed E-state index contributed by atoms with van der Waals surface area (Å²) in [5, 5.41) is 14.9. The third-order valence-corrected chi connectivity index (χ3v) is 3.77. The summed E-state index contributed by atoms with van der Waals surface area (Å²) in [5.74, 6) is -0.932. The second-order valence-electron chi connectivity index (χ2n) is 4.99. The molecule has 1 rings (SSSR count). The third kappa shape index (κ3) is 4.13. The number of amides is 2. The van der Waals surface area contributed by atoms with Gasteiger partial charge in [-0.2, -0.15) is 0 Å². The van der Waals surface area contributed by atoms with Crippen LogP contribution in [-0.4, -0.2) is 23.7 Å². The summed E-state index contributed by atoms with van der Waals surface area (Å²) >= 11 is 5.96. The highest BCUT2D eigenvalue weighted by atomic mass is 35.5. The molecule has 2 amide bonds. The van der Waals surface area contributed by atoms with Gasteiger partial charge in [0.1, 0.15) is 0 Å². The fourth-order valence-electron chi connectivity index (χ4n) is 1.47. The minimum atomic E-state index is -0.970. The number of benzene rings is 1. The van der Waals surface area contributed by atoms with Gasteiger partial charge in [0.2, 0.25) is 0 Å². The molecular formula is C14H19ClN2O3. The third-order valence-electron chi connectivity index (χ3n) is 3.37. The topological polar surface area (TPSA) is 78.4 Å². The van der Waals surface area contributed by atoms with Gasteiger partial charge in [0.05, 0.1) is 5.41 Å². The van der Waals surface area contributed by atoms with Crippen LogP contribution in [0.25, 0.3) is 0 Å². The fraction of sp³-hybridized carbons (Fsp3) is 0.429. The number of nitrogens with one attached hydrogen (secondary N) is 2. The van der Waals surface area contributed by atoms with Crippen molar-refractivity contribution in [3.8, 4) is 0 Å². The zero-order valence-electron chi connectivity index (χ0n) is 11.8. The number of aryl methyl sites for hydroxylation is 1. The van der Waals surface area contributed by atoms with Crippen molar-refractivity contribution in [1.82, 2.24) is 5.32 Å². The Morgan fingerprint density at radius 3 is 2.55 bits per heavy atom. The predicted molar refractivity (Wildman–Crippen MR) is 79.2 cm³/mol. The van der Waals surface area contributed by atoms with E-state index in [-0.39, 0.29) is 6.54 Å². The number of hydrogen-bond acceptors (Lipinski definition) is 2. The zero-order chi connectivity index (χ0) is 15.3. The van der Waals surface area contributed by atoms with Crippen molar-refractivity contribution in [2.75, 3.05) is 11.9 Å². The Morgan fingerprint density at radius 2 is 2.05 bits per heavy atom. The maximum absolute atomic E-state index is 11.7. The quantitative estimate of drug-likeness (QED) is 0.780. The molecule has 0 aromatic heterocycles. The number of rotatable bonds is 5. The predicted octanol–water partition coefficient (Wildman–Crippen LogP) is 3.27. The second-order valence-corrected chi connectivity index (χ2v) is 5.40. The van der Waals surface area contributed by atoms with Crippen molar-refractivity contribution in [2.24, 2.45) is 5.41 Å². The molecule has 0 aliphatic heterocycles. The first-order chi connectivity index (χ1) is 9.28. The number of carbonyl (C=O) groups excluding carboxylic acids is 1. The average molecular weight is 299 g/mol. The average Bonchev–Trinajstić information content (AvgIpc) is 2.40. The summed E-state index contributed by atoms with van der Waals surface area (Å²) in [4.78, 5) is 22.9. The Morgan fingerprint density at radius 1 is 1.40 bits per heavy atom. The van der Waals surface area contributed by atoms with Crippen molar-refractivity contribution in [2.45, 2.75) is 27.2 Å². The minimum absolute atomic E-state index is 0.0598. The molecule has 5 nitrogen and oxygen atoms in total. The summed E-state index contributed by atoms with van der Waals surface area (Å²) in [7, 11) is 0. The Bertz CT molecular complexity index is 519. The Balaban J connectivity index is 2.60. The highest BCUT2D eigenvalue weighted by Gasteiger charge is 2.31. The van der Waals surface area contributed by atoms with Gasteiger partial charge in [0.15, 0.2) is 0 Å². The molecule has 3 N–H and O–H groups in total. The molecule has 0 aliphatic carbocycles. The highest BCUT2D eigenvalue weighted by Crippen LogP contribution is 2.21. The standard InChI is InChI=1S/C14H19ClN2O3/c1-4-14(3,12(18)19)8-16-13(20)17-10-6-5-9(2)11(15)7-10/h5-7H,4,8H2,1-3H3,(H,18,19)(H2,16,17,20). The molecule has 110 valence electrons. The van der Waals surface area contributed by atoms with Gasteiger partial charge in [0.25, 0.3) is 0 Å². The summed E-state index contributed by atoms with van der Waals surface area (Å²) in [5.41, 5.74) is 0.510. The van der Waals surface area contributed by atoms with E-state index in [4.69, 9.17) is 16.7 Å². The molecule has 0 aliphatic rings. The molecule has 0 heterocycles. The first-order valence-electron chi connectivity index (χ1n) is 6.33. The normalized spacial score (nSPS) is 13.4. The number of anilines is 1. The van der Waals surface area contributed by atoms with Gasteiger partial charge < -0.3 is 15.7 Å². The SMILES string of the molecule is CCC(C)(CNC(=O)Nc1ccc(C)c(Cl)c1)C(=O)O. The maximum atomic E-state index is 11.7. The highest BCUT2D eigenvalue weighted by molar-refractivity contribution is 6.31. The van der Waals surface area contributed by atoms with Crippen LogP contribution in [0, 0.1) is 12.3 Å². The van der Waals surface area contributed by atoms with E-state index < -0.39 is 17.4 Å². The van der Waals surface area contributed by atoms with Gasteiger partial charge in [-0.15, -0.1) is 0 Å². The van der Waals surface area contributed by atoms with Crippen molar-refractivity contribution in [1.29, 1.82) is 0 Å². The van der Waals surface area contributed by atoms with Crippen LogP contribution in [0.3, 0.4) is 0 Å². The molecule has 20 heavy (non-hydrogen) atoms. The van der Waals surface area contributed by atoms with Crippen LogP contribution in [0.4, 0.5) is 10.5 Å². The molecule has 0 saturated carbocycles. The summed E-state index contributed by atoms with van der Waals surface area (Å²) in [6, 6.07) is 4.72. The molecule has 0 fully saturated rings. The lowest BCUT2D eigenvalue weighted by molar-refractivity contribution is -0.147. The number of carboxylic acid groups (broad SMARTS) is 1. The Labute approximate surface area is 123 Å². The number of carboxylic acids is 1. The van der Waals surface area contributed by atoms with Crippen LogP contribution in [-0.2, 0) is 4.79 Å². The Hall–Kier alpha value is -1.75. The molecule has 0 spiro atoms. The van der Waals surface area contributed by atoms with E-state index in [1.165, 1.54) is 0 Å². The second kappa shape index (κ2) is 6.61. The van der Waals surface area contributed by atoms with Gasteiger partial charge in [-0.3, -0.25) is 4.79 Å². The zero-order valence-corrected chi connectivity index (χ0v) is 12.5. The fourth-order valence-corrected chi connectivity index (χ4v) is 1.65. The summed E-state index contributed by atoms with van der Waals surface area (Å²) in [6.07, 6.45) is 0.430. The van der Waals surface area contributed by atoms with Crippen LogP contribution in [0.15, 0.2) is 18.2 Å². The van der Waals surface area contributed by atoms with Crippen molar-refractivity contribution < 1.29 is 14.7 Å². The van der Waals surface area contributed by atoms with Crippen molar-refractivity contribution in [3.05, 3.63) is 28.8 Å². The Kier molecular flexibility index (Phi) is 5.39. The van der Waals surface area contributed by atoms with E-state index in [0.717, 1.165) is 5.56 Å². The first-order valence-corrected chi connectivity index (χ1v) is 6.70. The number of aliphatic carboxylic acids is 1. The monoisotopic (exact) mass is 298 g/mol. The van der Waals surface area contributed by atoms with Gasteiger partial charge in [0, 0.05) is 17.3 Å². The van der Waals surface area contributed by atoms with Crippen LogP contribution < -0.4 is 10.6 Å². The van der Waals surface area contributed by atoms with E-state index in [0.29, 0.717) is 17.1 Å². The smallest absolute Gasteiger partial charge is 0.319 e. The van der Waals surface area contributed by atoms with Gasteiger partial charge in [-0.25, -0.2) is 4.79 Å². The van der Waals surface area contributed by atoms with E-state index >= 15 is 0 Å². The van der Waals surface area contributed by atoms with Gasteiger partial charge in [-0.05, 0) is 38.0 Å². The molecule has 1 unspecified atom stereocenters. The number of hydrogen-bond donors (Lipinski definition) is 3. The minimum Gasteiger partial charge on any atom is -0.481 e. The molecule has 1 aromatic rings. The van der Waals surface area contributed by atoms with E-state index in [1.807, 2.05) is 6.92 Å². The first kappa shape index (κ1) is 16.3. The van der Waals surface area contributed by atoms with Crippen molar-refractivity contribution in [3.63, 3.8) is 0 Å². The van der Waals surface area contributed by atoms with Gasteiger partial charge in [-0.1, -0.05) is 24.6 Å². The lowest BCUT2D eigenvalue weighted by atomic mass is 9.88. The summed E-state index contributed by atoms with van der Waals surface area (Å²) in [6.45, 7) is 5.29. The lowest BCUT2D eigenvalue weighted by Crippen LogP contribution is -2.42. The lowest BCUT2D eigenvalue weighted by Gasteiger charge is -2.23. The number of halogens is 1. The molecule has 1 atom stereocenters. The maximum Gasteiger partial charge on any atom is 0.319 e. The van der Waals surface area contributed by atoms with E-state index in [9.17, 15) is 9.59 Å². The molecule has 0 saturated heterocycles. The van der Waals surface area contributed by atoms with E-state index in [1.54, 1.807) is 32.0 Å². The summed E-state index contributed by atoms with van der Waals surface area (Å²) < 4.78 is 0. The molecule has 0 radical (unpaired) electrons.